The molecule has 0 radical (unpaired) electrons. The molecular weight excluding hydrogens is 218 g/mol. The average molecular weight is 237 g/mol. The number of nitrogens with one attached hydrogen (secondary N) is 1. The lowest BCUT2D eigenvalue weighted by molar-refractivity contribution is 1.03. The average Bonchev–Trinajstić information content (AvgIpc) is 2.28. The smallest absolute Gasteiger partial charge is 0.184 e. The molecule has 88 valence electrons. The van der Waals surface area contributed by atoms with E-state index in [2.05, 4.69) is 53.9 Å². The van der Waals surface area contributed by atoms with Gasteiger partial charge in [-0.25, -0.2) is 0 Å². The van der Waals surface area contributed by atoms with Gasteiger partial charge in [-0.2, -0.15) is 5.10 Å². The Morgan fingerprint density at radius 3 is 2.12 bits per heavy atom. The minimum Gasteiger partial charge on any atom is -0.375 e. The molecule has 16 heavy (non-hydrogen) atoms. The lowest BCUT2D eigenvalue weighted by Crippen LogP contribution is -2.24. The third-order valence-electron chi connectivity index (χ3n) is 1.64. The molecule has 0 saturated carbocycles. The topological polar surface area (TPSA) is 50.4 Å². The van der Waals surface area contributed by atoms with Gasteiger partial charge in [-0.05, 0) is 38.0 Å². The summed E-state index contributed by atoms with van der Waals surface area (Å²) in [6.07, 6.45) is 1.14. The molecule has 3 nitrogen and oxygen atoms in total. The Kier molecular flexibility index (Phi) is 8.07. The van der Waals surface area contributed by atoms with Crippen molar-refractivity contribution in [2.75, 3.05) is 0 Å². The summed E-state index contributed by atoms with van der Waals surface area (Å²) >= 11 is 4.47. The van der Waals surface area contributed by atoms with E-state index in [1.54, 1.807) is 0 Å². The van der Waals surface area contributed by atoms with Gasteiger partial charge in [-0.15, -0.1) is 0 Å². The molecule has 0 aromatic heterocycles. The zero-order valence-electron chi connectivity index (χ0n) is 10.0. The van der Waals surface area contributed by atoms with Crippen LogP contribution in [-0.4, -0.2) is 10.8 Å². The van der Waals surface area contributed by atoms with Gasteiger partial charge in [0.1, 0.15) is 0 Å². The molecule has 0 unspecified atom stereocenters. The molecule has 4 heteroatoms. The van der Waals surface area contributed by atoms with Gasteiger partial charge in [-0.1, -0.05) is 37.3 Å². The predicted molar refractivity (Wildman–Crippen MR) is 74.5 cm³/mol. The van der Waals surface area contributed by atoms with Gasteiger partial charge in [-0.3, -0.25) is 5.43 Å². The van der Waals surface area contributed by atoms with Crippen LogP contribution in [0.25, 0.3) is 0 Å². The van der Waals surface area contributed by atoms with Crippen molar-refractivity contribution in [1.29, 1.82) is 0 Å². The second-order valence-electron chi connectivity index (χ2n) is 3.37. The highest BCUT2D eigenvalue weighted by molar-refractivity contribution is 7.80. The molecule has 0 atom stereocenters. The fraction of sp³-hybridized carbons (Fsp3) is 0.333. The van der Waals surface area contributed by atoms with E-state index in [4.69, 9.17) is 5.73 Å². The number of hydrazone groups is 1. The van der Waals surface area contributed by atoms with Gasteiger partial charge in [0.2, 0.25) is 0 Å². The molecule has 0 aliphatic rings. The Bertz CT molecular complexity index is 329. The second kappa shape index (κ2) is 8.85. The Morgan fingerprint density at radius 1 is 1.31 bits per heavy atom. The summed E-state index contributed by atoms with van der Waals surface area (Å²) in [6, 6.07) is 10.5. The van der Waals surface area contributed by atoms with Crippen LogP contribution in [0.5, 0.6) is 0 Å². The van der Waals surface area contributed by atoms with Gasteiger partial charge >= 0.3 is 0 Å². The first-order valence-electron chi connectivity index (χ1n) is 5.16. The third kappa shape index (κ3) is 9.15. The first-order valence-corrected chi connectivity index (χ1v) is 5.57. The van der Waals surface area contributed by atoms with Crippen LogP contribution in [0.1, 0.15) is 26.3 Å². The van der Waals surface area contributed by atoms with E-state index < -0.39 is 0 Å². The molecule has 1 rings (SSSR count). The van der Waals surface area contributed by atoms with Gasteiger partial charge in [0.25, 0.3) is 0 Å². The fourth-order valence-electron chi connectivity index (χ4n) is 0.881. The molecule has 0 spiro atoms. The summed E-state index contributed by atoms with van der Waals surface area (Å²) in [7, 11) is 0. The van der Waals surface area contributed by atoms with Crippen LogP contribution < -0.4 is 11.2 Å². The van der Waals surface area contributed by atoms with E-state index in [0.29, 0.717) is 0 Å². The minimum atomic E-state index is 0.200. The zero-order chi connectivity index (χ0) is 12.4. The van der Waals surface area contributed by atoms with E-state index in [-0.39, 0.29) is 5.11 Å². The summed E-state index contributed by atoms with van der Waals surface area (Å²) in [5.41, 5.74) is 9.81. The van der Waals surface area contributed by atoms with Crippen LogP contribution >= 0.6 is 12.2 Å². The van der Waals surface area contributed by atoms with Gasteiger partial charge < -0.3 is 5.73 Å². The van der Waals surface area contributed by atoms with Crippen LogP contribution in [-0.2, 0) is 6.42 Å². The van der Waals surface area contributed by atoms with Crippen molar-refractivity contribution in [3.05, 3.63) is 35.9 Å². The lowest BCUT2D eigenvalue weighted by atomic mass is 10.2. The van der Waals surface area contributed by atoms with Crippen molar-refractivity contribution in [3.8, 4) is 0 Å². The number of hydrogen-bond donors (Lipinski definition) is 2. The fourth-order valence-corrected chi connectivity index (χ4v) is 0.926. The number of hydrogen-bond acceptors (Lipinski definition) is 2. The second-order valence-corrected chi connectivity index (χ2v) is 3.81. The maximum absolute atomic E-state index is 5.05. The summed E-state index contributed by atoms with van der Waals surface area (Å²) in [5.74, 6) is 0. The molecule has 0 bridgehead atoms. The van der Waals surface area contributed by atoms with E-state index in [1.165, 1.54) is 5.56 Å². The molecular formula is C12H19N3S. The summed E-state index contributed by atoms with van der Waals surface area (Å²) in [5, 5.41) is 3.92. The highest BCUT2D eigenvalue weighted by atomic mass is 32.1. The number of thiocarbonyl (C=S) groups is 1. The summed E-state index contributed by atoms with van der Waals surface area (Å²) < 4.78 is 0. The Morgan fingerprint density at radius 2 is 1.88 bits per heavy atom. The number of benzene rings is 1. The maximum Gasteiger partial charge on any atom is 0.184 e. The molecule has 0 heterocycles. The van der Waals surface area contributed by atoms with E-state index in [9.17, 15) is 0 Å². The largest absolute Gasteiger partial charge is 0.375 e. The Hall–Kier alpha value is -1.42. The van der Waals surface area contributed by atoms with Gasteiger partial charge in [0.05, 0.1) is 0 Å². The molecule has 0 aliphatic heterocycles. The van der Waals surface area contributed by atoms with Crippen molar-refractivity contribution in [1.82, 2.24) is 5.43 Å². The first kappa shape index (κ1) is 14.6. The van der Waals surface area contributed by atoms with Crippen molar-refractivity contribution >= 4 is 23.0 Å². The highest BCUT2D eigenvalue weighted by Crippen LogP contribution is 1.96. The minimum absolute atomic E-state index is 0.200. The third-order valence-corrected chi connectivity index (χ3v) is 1.73. The van der Waals surface area contributed by atoms with E-state index in [1.807, 2.05) is 19.9 Å². The summed E-state index contributed by atoms with van der Waals surface area (Å²) in [4.78, 5) is 0. The SMILES string of the molecule is CC(C)=NNC(N)=S.CCc1ccccc1. The van der Waals surface area contributed by atoms with Crippen LogP contribution in [0.4, 0.5) is 0 Å². The van der Waals surface area contributed by atoms with E-state index in [0.717, 1.165) is 12.1 Å². The normalized spacial score (nSPS) is 8.44. The Labute approximate surface area is 103 Å². The number of nitrogens with zero attached hydrogens (tertiary/aromatic N) is 1. The maximum atomic E-state index is 5.05. The highest BCUT2D eigenvalue weighted by Gasteiger charge is 1.80. The van der Waals surface area contributed by atoms with Gasteiger partial charge in [0.15, 0.2) is 5.11 Å². The van der Waals surface area contributed by atoms with Crippen molar-refractivity contribution < 1.29 is 0 Å². The molecule has 1 aromatic rings. The molecule has 0 fully saturated rings. The molecule has 0 saturated heterocycles. The molecule has 0 aliphatic carbocycles. The van der Waals surface area contributed by atoms with Crippen molar-refractivity contribution in [2.45, 2.75) is 27.2 Å². The Balaban J connectivity index is 0.000000281. The van der Waals surface area contributed by atoms with Crippen LogP contribution in [0, 0.1) is 0 Å². The molecule has 0 amide bonds. The van der Waals surface area contributed by atoms with Gasteiger partial charge in [0, 0.05) is 5.71 Å². The standard InChI is InChI=1S/C8H10.C4H9N3S/c1-2-8-6-4-3-5-7-8;1-3(2)6-7-4(5)8/h3-7H,2H2,1H3;1-2H3,(H3,5,7,8). The van der Waals surface area contributed by atoms with Crippen LogP contribution in [0.2, 0.25) is 0 Å². The predicted octanol–water partition coefficient (Wildman–Crippen LogP) is 2.46. The van der Waals surface area contributed by atoms with E-state index >= 15 is 0 Å². The van der Waals surface area contributed by atoms with Crippen LogP contribution in [0.15, 0.2) is 35.4 Å². The van der Waals surface area contributed by atoms with Crippen LogP contribution in [0.3, 0.4) is 0 Å². The van der Waals surface area contributed by atoms with Crippen molar-refractivity contribution in [3.63, 3.8) is 0 Å². The lowest BCUT2D eigenvalue weighted by Gasteiger charge is -1.93. The molecule has 1 aromatic carbocycles. The van der Waals surface area contributed by atoms with Crippen molar-refractivity contribution in [2.24, 2.45) is 10.8 Å². The quantitative estimate of drug-likeness (QED) is 0.472. The number of aryl methyl sites for hydroxylation is 1. The number of nitrogens with two attached hydrogens (primary N) is 1. The summed E-state index contributed by atoms with van der Waals surface area (Å²) in [6.45, 7) is 5.87. The first-order chi connectivity index (χ1) is 7.56. The number of rotatable bonds is 2. The zero-order valence-corrected chi connectivity index (χ0v) is 10.8. The monoisotopic (exact) mass is 237 g/mol. The molecule has 3 N–H and O–H groups in total.